The third-order valence-electron chi connectivity index (χ3n) is 9.01. The van der Waals surface area contributed by atoms with Crippen LogP contribution < -0.4 is 10.6 Å². The number of carbonyl (C=O) groups excluding carboxylic acids is 2. The van der Waals surface area contributed by atoms with Crippen LogP contribution in [0, 0.1) is 0 Å². The third kappa shape index (κ3) is 4.26. The Morgan fingerprint density at radius 2 is 1.71 bits per heavy atom. The fourth-order valence-corrected chi connectivity index (χ4v) is 8.93. The van der Waals surface area contributed by atoms with E-state index in [1.54, 1.807) is 0 Å². The van der Waals surface area contributed by atoms with E-state index in [4.69, 9.17) is 4.99 Å². The summed E-state index contributed by atoms with van der Waals surface area (Å²) < 4.78 is 2.81. The van der Waals surface area contributed by atoms with Crippen molar-refractivity contribution >= 4 is 83.5 Å². The number of rotatable bonds is 6. The van der Waals surface area contributed by atoms with Crippen LogP contribution >= 0.6 is 27.7 Å². The van der Waals surface area contributed by atoms with Gasteiger partial charge < -0.3 is 10.6 Å². The van der Waals surface area contributed by atoms with E-state index in [-0.39, 0.29) is 24.0 Å². The number of benzene rings is 4. The quantitative estimate of drug-likeness (QED) is 0.114. The Morgan fingerprint density at radius 1 is 0.952 bits per heavy atom. The lowest BCUT2D eigenvalue weighted by atomic mass is 9.93. The Hall–Kier alpha value is -3.62. The molecule has 3 aliphatic heterocycles. The number of amides is 2. The molecule has 0 spiro atoms. The van der Waals surface area contributed by atoms with E-state index in [2.05, 4.69) is 81.2 Å². The minimum Gasteiger partial charge on any atom is -0.332 e. The summed E-state index contributed by atoms with van der Waals surface area (Å²) in [5, 5.41) is 12.4. The standard InChI is InChI=1S/C34H29BrN4O2S/c35-19-13-14-29-24(15-19)26(17-39(29)31(40)12-6-5-11-30-33-28(18-42-30)37-34(41)38-33)27-16-25-22-9-2-1-7-20(22)21-8-3-4-10-23(21)32(25)36-27/h1-4,7-10,13-15,17,28,30,33H,5-6,11-12,16,18H2,(H2,37,38,41). The van der Waals surface area contributed by atoms with Gasteiger partial charge in [0.05, 0.1) is 29.0 Å². The number of hydrogen-bond donors (Lipinski definition) is 2. The van der Waals surface area contributed by atoms with Gasteiger partial charge in [0.1, 0.15) is 0 Å². The van der Waals surface area contributed by atoms with Crippen molar-refractivity contribution in [2.24, 2.45) is 4.99 Å². The molecule has 5 aromatic rings. The van der Waals surface area contributed by atoms with Gasteiger partial charge in [-0.2, -0.15) is 11.8 Å². The molecule has 3 aliphatic rings. The lowest BCUT2D eigenvalue weighted by molar-refractivity contribution is 0.0904. The van der Waals surface area contributed by atoms with Gasteiger partial charge in [-0.25, -0.2) is 4.79 Å². The number of halogens is 1. The Labute approximate surface area is 256 Å². The first-order valence-electron chi connectivity index (χ1n) is 14.6. The molecule has 8 heteroatoms. The first-order valence-corrected chi connectivity index (χ1v) is 16.4. The molecule has 6 nitrogen and oxygen atoms in total. The number of aliphatic imine (C=N–C) groups is 1. The van der Waals surface area contributed by atoms with Crippen molar-refractivity contribution in [2.75, 3.05) is 5.75 Å². The van der Waals surface area contributed by atoms with E-state index < -0.39 is 0 Å². The highest BCUT2D eigenvalue weighted by Gasteiger charge is 2.42. The Morgan fingerprint density at radius 3 is 2.55 bits per heavy atom. The van der Waals surface area contributed by atoms with E-state index in [1.807, 2.05) is 34.7 Å². The number of urea groups is 1. The summed E-state index contributed by atoms with van der Waals surface area (Å²) in [5.74, 6) is 1.06. The van der Waals surface area contributed by atoms with Gasteiger partial charge in [-0.05, 0) is 52.8 Å². The van der Waals surface area contributed by atoms with Gasteiger partial charge in [0.2, 0.25) is 5.91 Å². The Balaban J connectivity index is 1.08. The summed E-state index contributed by atoms with van der Waals surface area (Å²) in [7, 11) is 0. The second-order valence-corrected chi connectivity index (χ2v) is 13.7. The van der Waals surface area contributed by atoms with Crippen molar-refractivity contribution < 1.29 is 9.59 Å². The van der Waals surface area contributed by atoms with Crippen LogP contribution in [0.3, 0.4) is 0 Å². The summed E-state index contributed by atoms with van der Waals surface area (Å²) in [6, 6.07) is 23.6. The van der Waals surface area contributed by atoms with Gasteiger partial charge in [0.25, 0.3) is 0 Å². The van der Waals surface area contributed by atoms with Crippen molar-refractivity contribution in [1.82, 2.24) is 15.2 Å². The molecule has 2 N–H and O–H groups in total. The van der Waals surface area contributed by atoms with Gasteiger partial charge in [0, 0.05) is 50.8 Å². The number of hydrogen-bond acceptors (Lipinski definition) is 4. The number of carbonyl (C=O) groups is 2. The summed E-state index contributed by atoms with van der Waals surface area (Å²) in [5.41, 5.74) is 5.23. The smallest absolute Gasteiger partial charge is 0.315 e. The zero-order valence-electron chi connectivity index (χ0n) is 22.9. The molecule has 42 heavy (non-hydrogen) atoms. The molecular weight excluding hydrogens is 608 g/mol. The van der Waals surface area contributed by atoms with Crippen LogP contribution in [-0.2, 0) is 6.42 Å². The van der Waals surface area contributed by atoms with E-state index >= 15 is 0 Å². The minimum atomic E-state index is -0.0521. The van der Waals surface area contributed by atoms with Crippen LogP contribution in [0.2, 0.25) is 0 Å². The van der Waals surface area contributed by atoms with Crippen LogP contribution in [0.5, 0.6) is 0 Å². The second-order valence-electron chi connectivity index (χ2n) is 11.5. The van der Waals surface area contributed by atoms with Gasteiger partial charge >= 0.3 is 6.03 Å². The highest BCUT2D eigenvalue weighted by Crippen LogP contribution is 2.43. The van der Waals surface area contributed by atoms with Crippen molar-refractivity contribution in [3.63, 3.8) is 0 Å². The molecule has 2 amide bonds. The maximum atomic E-state index is 13.6. The summed E-state index contributed by atoms with van der Waals surface area (Å²) >= 11 is 5.58. The first-order chi connectivity index (χ1) is 20.5. The highest BCUT2D eigenvalue weighted by molar-refractivity contribution is 9.10. The molecule has 0 bridgehead atoms. The fourth-order valence-electron chi connectivity index (χ4n) is 7.02. The van der Waals surface area contributed by atoms with E-state index in [9.17, 15) is 9.59 Å². The van der Waals surface area contributed by atoms with Gasteiger partial charge in [-0.1, -0.05) is 70.9 Å². The Bertz CT molecular complexity index is 1960. The zero-order valence-corrected chi connectivity index (χ0v) is 25.3. The monoisotopic (exact) mass is 636 g/mol. The molecular formula is C34H29BrN4O2S. The van der Waals surface area contributed by atoms with Crippen LogP contribution in [-0.4, -0.2) is 45.3 Å². The molecule has 210 valence electrons. The lowest BCUT2D eigenvalue weighted by Gasteiger charge is -2.16. The molecule has 0 aliphatic carbocycles. The predicted octanol–water partition coefficient (Wildman–Crippen LogP) is 7.75. The number of fused-ring (bicyclic) bond motifs is 8. The molecule has 2 saturated heterocycles. The molecule has 0 saturated carbocycles. The first kappa shape index (κ1) is 26.0. The minimum absolute atomic E-state index is 0.0521. The molecule has 2 fully saturated rings. The zero-order chi connectivity index (χ0) is 28.4. The average molecular weight is 638 g/mol. The lowest BCUT2D eigenvalue weighted by Crippen LogP contribution is -2.36. The molecule has 3 unspecified atom stereocenters. The van der Waals surface area contributed by atoms with Crippen molar-refractivity contribution in [3.8, 4) is 0 Å². The predicted molar refractivity (Wildman–Crippen MR) is 176 cm³/mol. The number of nitrogens with one attached hydrogen (secondary N) is 2. The molecule has 0 radical (unpaired) electrons. The SMILES string of the molecule is O=C1NC2CSC(CCCCC(=O)n3cc(C4=Nc5c(c6ccccc6c6ccccc56)C4)c4cc(Br)ccc43)C2N1. The maximum Gasteiger partial charge on any atom is 0.315 e. The second kappa shape index (κ2) is 10.3. The molecule has 4 heterocycles. The molecule has 4 aromatic carbocycles. The van der Waals surface area contributed by atoms with Crippen molar-refractivity contribution in [2.45, 2.75) is 49.4 Å². The van der Waals surface area contributed by atoms with Gasteiger partial charge in [0.15, 0.2) is 0 Å². The average Bonchev–Trinajstić information content (AvgIpc) is 3.77. The van der Waals surface area contributed by atoms with E-state index in [0.29, 0.717) is 11.7 Å². The van der Waals surface area contributed by atoms with Crippen LogP contribution in [0.1, 0.15) is 41.6 Å². The number of aromatic nitrogens is 1. The van der Waals surface area contributed by atoms with E-state index in [1.165, 1.54) is 27.1 Å². The number of thioether (sulfide) groups is 1. The number of unbranched alkanes of at least 4 members (excludes halogenated alkanes) is 1. The molecule has 3 atom stereocenters. The summed E-state index contributed by atoms with van der Waals surface area (Å²) in [4.78, 5) is 30.5. The van der Waals surface area contributed by atoms with Gasteiger partial charge in [-0.15, -0.1) is 0 Å². The fraction of sp³-hybridized carbons (Fsp3) is 0.265. The maximum absolute atomic E-state index is 13.6. The van der Waals surface area contributed by atoms with Crippen molar-refractivity contribution in [3.05, 3.63) is 88.5 Å². The largest absolute Gasteiger partial charge is 0.332 e. The highest BCUT2D eigenvalue weighted by atomic mass is 79.9. The van der Waals surface area contributed by atoms with Gasteiger partial charge in [-0.3, -0.25) is 14.4 Å². The third-order valence-corrected chi connectivity index (χ3v) is 11.0. The van der Waals surface area contributed by atoms with Crippen LogP contribution in [0.15, 0.2) is 82.4 Å². The summed E-state index contributed by atoms with van der Waals surface area (Å²) in [6.07, 6.45) is 6.01. The number of nitrogens with zero attached hydrogens (tertiary/aromatic N) is 2. The van der Waals surface area contributed by atoms with E-state index in [0.717, 1.165) is 63.8 Å². The normalized spacial score (nSPS) is 21.0. The molecule has 1 aromatic heterocycles. The van der Waals surface area contributed by atoms with Crippen LogP contribution in [0.25, 0.3) is 32.4 Å². The topological polar surface area (TPSA) is 75.5 Å². The van der Waals surface area contributed by atoms with Crippen molar-refractivity contribution in [1.29, 1.82) is 0 Å². The van der Waals surface area contributed by atoms with Crippen LogP contribution in [0.4, 0.5) is 10.5 Å². The molecule has 8 rings (SSSR count). The Kier molecular flexibility index (Phi) is 6.37. The summed E-state index contributed by atoms with van der Waals surface area (Å²) in [6.45, 7) is 0.